The van der Waals surface area contributed by atoms with E-state index in [9.17, 15) is 32.3 Å². The van der Waals surface area contributed by atoms with Crippen LogP contribution in [-0.4, -0.2) is 78.2 Å². The number of benzene rings is 2. The van der Waals surface area contributed by atoms with Gasteiger partial charge in [0.05, 0.1) is 28.3 Å². The Morgan fingerprint density at radius 3 is 2.48 bits per heavy atom. The van der Waals surface area contributed by atoms with Gasteiger partial charge in [0.25, 0.3) is 5.91 Å². The number of alkyl halides is 3. The maximum atomic E-state index is 13.5. The minimum absolute atomic E-state index is 0.146. The van der Waals surface area contributed by atoms with Gasteiger partial charge in [-0.05, 0) is 94.3 Å². The summed E-state index contributed by atoms with van der Waals surface area (Å²) in [6.45, 7) is 7.92. The molecule has 294 valence electrons. The highest BCUT2D eigenvalue weighted by Crippen LogP contribution is 2.37. The molecular weight excluding hydrogens is 727 g/mol. The minimum Gasteiger partial charge on any atom is -0.367 e. The van der Waals surface area contributed by atoms with Gasteiger partial charge in [-0.15, -0.1) is 0 Å². The summed E-state index contributed by atoms with van der Waals surface area (Å²) in [5.41, 5.74) is 1.77. The number of nitrogens with zero attached hydrogens (tertiary/aromatic N) is 7. The second kappa shape index (κ2) is 14.2. The van der Waals surface area contributed by atoms with Gasteiger partial charge in [0.15, 0.2) is 0 Å². The molecule has 56 heavy (non-hydrogen) atoms. The number of rotatable bonds is 7. The molecule has 5 aromatic rings. The van der Waals surface area contributed by atoms with Gasteiger partial charge in [-0.3, -0.25) is 38.4 Å². The van der Waals surface area contributed by atoms with Gasteiger partial charge in [0.1, 0.15) is 17.4 Å². The number of anilines is 2. The second-order valence-electron chi connectivity index (χ2n) is 15.9. The number of piperidine rings is 1. The van der Waals surface area contributed by atoms with Crippen molar-refractivity contribution in [3.63, 3.8) is 0 Å². The normalized spacial score (nSPS) is 22.1. The molecule has 0 radical (unpaired) electrons. The number of pyridine rings is 1. The van der Waals surface area contributed by atoms with Crippen molar-refractivity contribution in [2.45, 2.75) is 76.2 Å². The van der Waals surface area contributed by atoms with E-state index in [1.165, 1.54) is 10.6 Å². The zero-order chi connectivity index (χ0) is 39.5. The number of aryl methyl sites for hydroxylation is 1. The van der Waals surface area contributed by atoms with Crippen LogP contribution in [0.4, 0.5) is 24.5 Å². The van der Waals surface area contributed by atoms with Crippen molar-refractivity contribution in [3.05, 3.63) is 82.7 Å². The van der Waals surface area contributed by atoms with Crippen molar-refractivity contribution < 1.29 is 27.6 Å². The van der Waals surface area contributed by atoms with Crippen LogP contribution in [0.2, 0.25) is 0 Å². The van der Waals surface area contributed by atoms with Gasteiger partial charge < -0.3 is 10.2 Å². The third-order valence-electron chi connectivity index (χ3n) is 11.7. The Hall–Kier alpha value is -5.51. The Morgan fingerprint density at radius 2 is 1.75 bits per heavy atom. The molecule has 1 atom stereocenters. The molecule has 3 aliphatic rings. The molecule has 1 aliphatic carbocycles. The number of nitrogens with one attached hydrogen (secondary N) is 2. The van der Waals surface area contributed by atoms with Gasteiger partial charge in [-0.1, -0.05) is 12.1 Å². The molecular formula is C40H44F3N9O4. The number of imide groups is 1. The average molecular weight is 772 g/mol. The first-order valence-corrected chi connectivity index (χ1v) is 19.0. The number of fused-ring (bicyclic) bond motifs is 2. The Bertz CT molecular complexity index is 2410. The Balaban J connectivity index is 0.890. The van der Waals surface area contributed by atoms with E-state index < -0.39 is 29.7 Å². The lowest BCUT2D eigenvalue weighted by Crippen LogP contribution is -2.60. The van der Waals surface area contributed by atoms with Crippen LogP contribution in [0.25, 0.3) is 21.9 Å². The fourth-order valence-electron chi connectivity index (χ4n) is 8.76. The van der Waals surface area contributed by atoms with Gasteiger partial charge in [-0.25, -0.2) is 9.78 Å². The van der Waals surface area contributed by atoms with Crippen LogP contribution in [0, 0.1) is 5.92 Å². The highest BCUT2D eigenvalue weighted by Gasteiger charge is 2.38. The summed E-state index contributed by atoms with van der Waals surface area (Å²) in [5, 5.41) is 10.7. The summed E-state index contributed by atoms with van der Waals surface area (Å²) in [5.74, 6) is -0.960. The molecule has 2 aliphatic heterocycles. The first kappa shape index (κ1) is 37.4. The number of imidazole rings is 1. The second-order valence-corrected chi connectivity index (χ2v) is 15.9. The fourth-order valence-corrected chi connectivity index (χ4v) is 8.76. The quantitative estimate of drug-likeness (QED) is 0.202. The number of halogens is 3. The molecule has 3 fully saturated rings. The predicted molar refractivity (Wildman–Crippen MR) is 204 cm³/mol. The van der Waals surface area contributed by atoms with Gasteiger partial charge >= 0.3 is 11.9 Å². The average Bonchev–Trinajstić information content (AvgIpc) is 3.70. The van der Waals surface area contributed by atoms with E-state index in [-0.39, 0.29) is 41.7 Å². The van der Waals surface area contributed by atoms with Gasteiger partial charge in [0.2, 0.25) is 11.8 Å². The van der Waals surface area contributed by atoms with E-state index in [4.69, 9.17) is 5.10 Å². The van der Waals surface area contributed by atoms with E-state index >= 15 is 0 Å². The van der Waals surface area contributed by atoms with E-state index in [1.54, 1.807) is 29.8 Å². The number of hydrogen-bond acceptors (Lipinski definition) is 8. The third-order valence-corrected chi connectivity index (χ3v) is 11.7. The van der Waals surface area contributed by atoms with Crippen molar-refractivity contribution >= 4 is 51.0 Å². The maximum Gasteiger partial charge on any atom is 0.433 e. The lowest BCUT2D eigenvalue weighted by Gasteiger charge is -2.49. The van der Waals surface area contributed by atoms with Gasteiger partial charge in [0, 0.05) is 62.5 Å². The minimum atomic E-state index is -4.64. The van der Waals surface area contributed by atoms with Crippen molar-refractivity contribution in [1.82, 2.24) is 34.1 Å². The molecule has 8 rings (SSSR count). The predicted octanol–water partition coefficient (Wildman–Crippen LogP) is 5.67. The van der Waals surface area contributed by atoms with E-state index in [0.717, 1.165) is 86.1 Å². The maximum absolute atomic E-state index is 13.5. The number of aromatic nitrogens is 5. The van der Waals surface area contributed by atoms with Crippen molar-refractivity contribution in [3.8, 4) is 0 Å². The van der Waals surface area contributed by atoms with Crippen LogP contribution in [0.15, 0.2) is 65.6 Å². The number of carbonyl (C=O) groups is 3. The molecule has 5 heterocycles. The van der Waals surface area contributed by atoms with E-state index in [2.05, 4.69) is 39.3 Å². The third kappa shape index (κ3) is 7.06. The highest BCUT2D eigenvalue weighted by molar-refractivity contribution is 6.04. The van der Waals surface area contributed by atoms with Crippen LogP contribution in [0.1, 0.15) is 80.6 Å². The Kier molecular flexibility index (Phi) is 9.49. The molecule has 1 unspecified atom stereocenters. The fraction of sp³-hybridized carbons (Fsp3) is 0.450. The van der Waals surface area contributed by atoms with Crippen LogP contribution in [-0.2, 0) is 22.8 Å². The molecule has 13 nitrogen and oxygen atoms in total. The summed E-state index contributed by atoms with van der Waals surface area (Å²) in [4.78, 5) is 59.2. The SMILES string of the molecule is Cn1c(=O)n(C2CCC(=O)NC2=O)c2cccc(N3CCN(C[C@H]4CC[C@H](n5cc6cc(NC(=O)c7cccc(C(F)(F)F)n7)ccc6n5)CC4)C(C)(C)C3)c21. The lowest BCUT2D eigenvalue weighted by atomic mass is 9.84. The number of carbonyl (C=O) groups excluding carboxylic acids is 3. The molecule has 1 saturated carbocycles. The Morgan fingerprint density at radius 1 is 0.982 bits per heavy atom. The smallest absolute Gasteiger partial charge is 0.367 e. The van der Waals surface area contributed by atoms with Crippen molar-refractivity contribution in [2.75, 3.05) is 36.4 Å². The molecule has 2 saturated heterocycles. The van der Waals surface area contributed by atoms with Crippen LogP contribution < -0.4 is 21.2 Å². The summed E-state index contributed by atoms with van der Waals surface area (Å²) in [7, 11) is 1.74. The van der Waals surface area contributed by atoms with E-state index in [1.807, 2.05) is 29.1 Å². The topological polar surface area (TPSA) is 139 Å². The largest absolute Gasteiger partial charge is 0.433 e. The summed E-state index contributed by atoms with van der Waals surface area (Å²) < 4.78 is 44.5. The summed E-state index contributed by atoms with van der Waals surface area (Å²) in [6.07, 6.45) is 1.86. The molecule has 0 spiro atoms. The number of amides is 3. The first-order chi connectivity index (χ1) is 26.7. The Labute approximate surface area is 320 Å². The van der Waals surface area contributed by atoms with Crippen LogP contribution >= 0.6 is 0 Å². The molecule has 2 N–H and O–H groups in total. The van der Waals surface area contributed by atoms with Gasteiger partial charge in [-0.2, -0.15) is 18.3 Å². The van der Waals surface area contributed by atoms with E-state index in [0.29, 0.717) is 17.1 Å². The number of para-hydroxylation sites is 1. The molecule has 16 heteroatoms. The lowest BCUT2D eigenvalue weighted by molar-refractivity contribution is -0.141. The molecule has 3 amide bonds. The zero-order valence-electron chi connectivity index (χ0n) is 31.5. The van der Waals surface area contributed by atoms with Crippen LogP contribution in [0.5, 0.6) is 0 Å². The highest BCUT2D eigenvalue weighted by atomic mass is 19.4. The van der Waals surface area contributed by atoms with Crippen LogP contribution in [0.3, 0.4) is 0 Å². The molecule has 3 aromatic heterocycles. The van der Waals surface area contributed by atoms with Crippen molar-refractivity contribution in [1.29, 1.82) is 0 Å². The molecule has 0 bridgehead atoms. The molecule has 2 aromatic carbocycles. The number of hydrogen-bond donors (Lipinski definition) is 2. The number of piperazine rings is 1. The monoisotopic (exact) mass is 771 g/mol. The standard InChI is InChI=1S/C40H44F3N9O4/c1-39(2)23-49(30-7-5-8-31-35(30)48(3)38(56)52(31)32-16-17-34(53)46-37(32)55)18-19-50(39)21-24-10-13-27(14-11-24)51-22-25-20-26(12-15-28(25)47-51)44-36(54)29-6-4-9-33(45-29)40(41,42)43/h4-9,12,15,20,22,24,27,32H,10-11,13-14,16-19,21,23H2,1-3H3,(H,44,54)(H,46,53,55)/t24-,27-,32?. The zero-order valence-corrected chi connectivity index (χ0v) is 31.5. The summed E-state index contributed by atoms with van der Waals surface area (Å²) >= 11 is 0. The van der Waals surface area contributed by atoms with Crippen molar-refractivity contribution in [2.24, 2.45) is 13.0 Å². The first-order valence-electron chi connectivity index (χ1n) is 19.0. The summed E-state index contributed by atoms with van der Waals surface area (Å²) in [6, 6.07) is 13.8.